The van der Waals surface area contributed by atoms with Crippen molar-refractivity contribution < 1.29 is 19.1 Å². The second-order valence-electron chi connectivity index (χ2n) is 6.51. The molecule has 0 atom stereocenters. The standard InChI is InChI=1S/C23H20BrNO4/c1-15-3-12-21(16(2)13-15)25-23(27)17-4-8-20(9-5-17)29-22(26)14-28-19-10-6-18(24)7-11-19/h3-13H,14H2,1-2H3,(H,25,27). The first-order valence-corrected chi connectivity index (χ1v) is 9.78. The SMILES string of the molecule is Cc1ccc(NC(=O)c2ccc(OC(=O)COc3ccc(Br)cc3)cc2)c(C)c1. The smallest absolute Gasteiger partial charge is 0.349 e. The number of amides is 1. The lowest BCUT2D eigenvalue weighted by Crippen LogP contribution is -2.18. The number of carbonyl (C=O) groups excluding carboxylic acids is 2. The zero-order chi connectivity index (χ0) is 20.8. The first kappa shape index (κ1) is 20.6. The molecule has 0 unspecified atom stereocenters. The summed E-state index contributed by atoms with van der Waals surface area (Å²) in [6.07, 6.45) is 0. The van der Waals surface area contributed by atoms with Crippen LogP contribution in [0.5, 0.6) is 11.5 Å². The monoisotopic (exact) mass is 453 g/mol. The van der Waals surface area contributed by atoms with Crippen LogP contribution in [0, 0.1) is 13.8 Å². The molecule has 3 aromatic rings. The summed E-state index contributed by atoms with van der Waals surface area (Å²) in [6.45, 7) is 3.74. The summed E-state index contributed by atoms with van der Waals surface area (Å²) in [5, 5.41) is 2.89. The van der Waals surface area contributed by atoms with Crippen molar-refractivity contribution in [1.82, 2.24) is 0 Å². The normalized spacial score (nSPS) is 10.3. The maximum Gasteiger partial charge on any atom is 0.349 e. The molecule has 0 spiro atoms. The van der Waals surface area contributed by atoms with E-state index in [-0.39, 0.29) is 12.5 Å². The van der Waals surface area contributed by atoms with Gasteiger partial charge in [-0.1, -0.05) is 33.6 Å². The lowest BCUT2D eigenvalue weighted by molar-refractivity contribution is -0.136. The second-order valence-corrected chi connectivity index (χ2v) is 7.43. The molecular formula is C23H20BrNO4. The third-order valence-corrected chi connectivity index (χ3v) is 4.68. The molecule has 148 valence electrons. The van der Waals surface area contributed by atoms with Gasteiger partial charge in [0.15, 0.2) is 6.61 Å². The molecule has 0 fully saturated rings. The molecule has 6 heteroatoms. The largest absolute Gasteiger partial charge is 0.482 e. The highest BCUT2D eigenvalue weighted by Gasteiger charge is 2.10. The average Bonchev–Trinajstić information content (AvgIpc) is 2.70. The fourth-order valence-electron chi connectivity index (χ4n) is 2.66. The summed E-state index contributed by atoms with van der Waals surface area (Å²) >= 11 is 3.33. The molecule has 29 heavy (non-hydrogen) atoms. The van der Waals surface area contributed by atoms with Gasteiger partial charge in [0.25, 0.3) is 5.91 Å². The van der Waals surface area contributed by atoms with E-state index >= 15 is 0 Å². The van der Waals surface area contributed by atoms with Crippen LogP contribution >= 0.6 is 15.9 Å². The molecule has 0 radical (unpaired) electrons. The summed E-state index contributed by atoms with van der Waals surface area (Å²) in [4.78, 5) is 24.4. The number of ether oxygens (including phenoxy) is 2. The Labute approximate surface area is 177 Å². The van der Waals surface area contributed by atoms with Crippen molar-refractivity contribution in [2.75, 3.05) is 11.9 Å². The zero-order valence-corrected chi connectivity index (χ0v) is 17.7. The van der Waals surface area contributed by atoms with Gasteiger partial charge in [-0.25, -0.2) is 4.79 Å². The topological polar surface area (TPSA) is 64.6 Å². The molecule has 0 saturated heterocycles. The van der Waals surface area contributed by atoms with Gasteiger partial charge in [0.1, 0.15) is 11.5 Å². The molecule has 0 bridgehead atoms. The number of benzene rings is 3. The molecular weight excluding hydrogens is 434 g/mol. The molecule has 3 rings (SSSR count). The van der Waals surface area contributed by atoms with Gasteiger partial charge < -0.3 is 14.8 Å². The van der Waals surface area contributed by atoms with Crippen molar-refractivity contribution in [2.45, 2.75) is 13.8 Å². The molecule has 1 N–H and O–H groups in total. The van der Waals surface area contributed by atoms with Gasteiger partial charge in [0, 0.05) is 15.7 Å². The molecule has 0 saturated carbocycles. The van der Waals surface area contributed by atoms with E-state index in [1.807, 2.05) is 44.2 Å². The third-order valence-electron chi connectivity index (χ3n) is 4.15. The highest BCUT2D eigenvalue weighted by Crippen LogP contribution is 2.19. The van der Waals surface area contributed by atoms with E-state index in [1.54, 1.807) is 36.4 Å². The molecule has 1 amide bonds. The van der Waals surface area contributed by atoms with Crippen LogP contribution < -0.4 is 14.8 Å². The fraction of sp³-hybridized carbons (Fsp3) is 0.130. The van der Waals surface area contributed by atoms with Crippen LogP contribution in [0.1, 0.15) is 21.5 Å². The highest BCUT2D eigenvalue weighted by atomic mass is 79.9. The number of anilines is 1. The van der Waals surface area contributed by atoms with E-state index in [0.29, 0.717) is 17.1 Å². The number of nitrogens with one attached hydrogen (secondary N) is 1. The van der Waals surface area contributed by atoms with Crippen molar-refractivity contribution >= 4 is 33.5 Å². The average molecular weight is 454 g/mol. The van der Waals surface area contributed by atoms with Crippen LogP contribution in [0.15, 0.2) is 71.2 Å². The van der Waals surface area contributed by atoms with Crippen molar-refractivity contribution in [3.8, 4) is 11.5 Å². The van der Waals surface area contributed by atoms with Gasteiger partial charge in [0.05, 0.1) is 0 Å². The Kier molecular flexibility index (Phi) is 6.67. The predicted molar refractivity (Wildman–Crippen MR) is 116 cm³/mol. The van der Waals surface area contributed by atoms with Crippen LogP contribution in [-0.2, 0) is 4.79 Å². The van der Waals surface area contributed by atoms with Gasteiger partial charge >= 0.3 is 5.97 Å². The minimum atomic E-state index is -0.527. The summed E-state index contributed by atoms with van der Waals surface area (Å²) in [5.74, 6) is 0.162. The molecule has 0 aliphatic carbocycles. The van der Waals surface area contributed by atoms with Gasteiger partial charge in [-0.15, -0.1) is 0 Å². The summed E-state index contributed by atoms with van der Waals surface area (Å²) in [6, 6.07) is 19.4. The summed E-state index contributed by atoms with van der Waals surface area (Å²) in [7, 11) is 0. The third kappa shape index (κ3) is 5.93. The number of halogens is 1. The number of aryl methyl sites for hydroxylation is 2. The highest BCUT2D eigenvalue weighted by molar-refractivity contribution is 9.10. The Morgan fingerprint density at radius 1 is 0.897 bits per heavy atom. The van der Waals surface area contributed by atoms with Gasteiger partial charge in [-0.3, -0.25) is 4.79 Å². The minimum Gasteiger partial charge on any atom is -0.482 e. The molecule has 5 nitrogen and oxygen atoms in total. The van der Waals surface area contributed by atoms with Gasteiger partial charge in [-0.05, 0) is 74.0 Å². The minimum absolute atomic E-state index is 0.212. The Morgan fingerprint density at radius 3 is 2.21 bits per heavy atom. The van der Waals surface area contributed by atoms with Crippen LogP contribution in [0.25, 0.3) is 0 Å². The van der Waals surface area contributed by atoms with E-state index in [9.17, 15) is 9.59 Å². The van der Waals surface area contributed by atoms with Crippen LogP contribution in [0.3, 0.4) is 0 Å². The first-order chi connectivity index (χ1) is 13.9. The molecule has 0 aromatic heterocycles. The number of esters is 1. The molecule has 0 heterocycles. The first-order valence-electron chi connectivity index (χ1n) is 8.98. The molecule has 3 aromatic carbocycles. The summed E-state index contributed by atoms with van der Waals surface area (Å²) < 4.78 is 11.5. The van der Waals surface area contributed by atoms with Crippen LogP contribution in [0.2, 0.25) is 0 Å². The van der Waals surface area contributed by atoms with Crippen molar-refractivity contribution in [2.24, 2.45) is 0 Å². The van der Waals surface area contributed by atoms with E-state index in [2.05, 4.69) is 21.2 Å². The Balaban J connectivity index is 1.54. The Bertz CT molecular complexity index is 1010. The van der Waals surface area contributed by atoms with Crippen molar-refractivity contribution in [3.05, 3.63) is 87.9 Å². The molecule has 0 aliphatic heterocycles. The van der Waals surface area contributed by atoms with E-state index in [1.165, 1.54) is 0 Å². The Morgan fingerprint density at radius 2 is 1.55 bits per heavy atom. The van der Waals surface area contributed by atoms with Crippen LogP contribution in [0.4, 0.5) is 5.69 Å². The fourth-order valence-corrected chi connectivity index (χ4v) is 2.92. The Hall–Kier alpha value is -3.12. The van der Waals surface area contributed by atoms with E-state index in [0.717, 1.165) is 21.3 Å². The maximum absolute atomic E-state index is 12.4. The van der Waals surface area contributed by atoms with Gasteiger partial charge in [-0.2, -0.15) is 0 Å². The molecule has 0 aliphatic rings. The van der Waals surface area contributed by atoms with Crippen molar-refractivity contribution in [1.29, 1.82) is 0 Å². The lowest BCUT2D eigenvalue weighted by atomic mass is 10.1. The maximum atomic E-state index is 12.4. The summed E-state index contributed by atoms with van der Waals surface area (Å²) in [5.41, 5.74) is 3.36. The zero-order valence-electron chi connectivity index (χ0n) is 16.1. The number of carbonyl (C=O) groups is 2. The van der Waals surface area contributed by atoms with Gasteiger partial charge in [0.2, 0.25) is 0 Å². The number of hydrogen-bond donors (Lipinski definition) is 1. The predicted octanol–water partition coefficient (Wildman–Crippen LogP) is 5.30. The van der Waals surface area contributed by atoms with Crippen molar-refractivity contribution in [3.63, 3.8) is 0 Å². The van der Waals surface area contributed by atoms with Crippen LogP contribution in [-0.4, -0.2) is 18.5 Å². The quantitative estimate of drug-likeness (QED) is 0.406. The van der Waals surface area contributed by atoms with E-state index in [4.69, 9.17) is 9.47 Å². The second kappa shape index (κ2) is 9.39. The number of rotatable bonds is 6. The number of hydrogen-bond acceptors (Lipinski definition) is 4. The lowest BCUT2D eigenvalue weighted by Gasteiger charge is -2.10. The van der Waals surface area contributed by atoms with E-state index < -0.39 is 5.97 Å².